The molecule has 1 aliphatic rings. The lowest BCUT2D eigenvalue weighted by Crippen LogP contribution is -2.50. The van der Waals surface area contributed by atoms with E-state index in [0.29, 0.717) is 6.42 Å². The molecule has 1 fully saturated rings. The van der Waals surface area contributed by atoms with Gasteiger partial charge in [0.2, 0.25) is 0 Å². The second-order valence-electron chi connectivity index (χ2n) is 3.92. The minimum Gasteiger partial charge on any atom is -0.370 e. The van der Waals surface area contributed by atoms with Crippen LogP contribution in [0.15, 0.2) is 0 Å². The van der Waals surface area contributed by atoms with E-state index >= 15 is 0 Å². The van der Waals surface area contributed by atoms with Crippen molar-refractivity contribution >= 4 is 16.4 Å². The highest BCUT2D eigenvalue weighted by Crippen LogP contribution is 2.02. The fourth-order valence-electron chi connectivity index (χ4n) is 1.59. The zero-order valence-corrected chi connectivity index (χ0v) is 11.3. The predicted octanol–water partition coefficient (Wildman–Crippen LogP) is -0.852. The van der Waals surface area contributed by atoms with Gasteiger partial charge in [-0.3, -0.25) is 19.4 Å². The van der Waals surface area contributed by atoms with Gasteiger partial charge in [-0.2, -0.15) is 13.7 Å². The van der Waals surface area contributed by atoms with Gasteiger partial charge in [-0.25, -0.2) is 0 Å². The van der Waals surface area contributed by atoms with Crippen LogP contribution in [-0.4, -0.2) is 66.0 Å². The quantitative estimate of drug-likeness (QED) is 0.227. The molecule has 110 valence electrons. The lowest BCUT2D eigenvalue weighted by Gasteiger charge is -2.34. The minimum atomic E-state index is -4.67. The Bertz CT molecular complexity index is 403. The number of piperazine rings is 1. The molecule has 1 saturated heterocycles. The van der Waals surface area contributed by atoms with Crippen molar-refractivity contribution in [2.75, 3.05) is 32.7 Å². The maximum absolute atomic E-state index is 8.74. The third-order valence-corrected chi connectivity index (χ3v) is 2.48. The monoisotopic (exact) mass is 293 g/mol. The highest BCUT2D eigenvalue weighted by molar-refractivity contribution is 7.79. The number of nitrogens with zero attached hydrogens (tertiary/aromatic N) is 3. The van der Waals surface area contributed by atoms with E-state index < -0.39 is 10.4 Å². The molecule has 0 aromatic rings. The van der Waals surface area contributed by atoms with Gasteiger partial charge in [0.05, 0.1) is 6.07 Å². The lowest BCUT2D eigenvalue weighted by molar-refractivity contribution is 0.179. The van der Waals surface area contributed by atoms with Crippen LogP contribution >= 0.6 is 0 Å². The van der Waals surface area contributed by atoms with E-state index in [1.165, 1.54) is 0 Å². The van der Waals surface area contributed by atoms with Crippen LogP contribution in [0.25, 0.3) is 0 Å². The van der Waals surface area contributed by atoms with Crippen molar-refractivity contribution in [1.29, 1.82) is 10.7 Å². The third kappa shape index (κ3) is 11.4. The number of hydrogen-bond donors (Lipinski definition) is 4. The summed E-state index contributed by atoms with van der Waals surface area (Å²) < 4.78 is 31.6. The van der Waals surface area contributed by atoms with E-state index in [2.05, 4.69) is 11.0 Å². The van der Waals surface area contributed by atoms with Crippen LogP contribution in [-0.2, 0) is 10.4 Å². The van der Waals surface area contributed by atoms with Crippen molar-refractivity contribution in [2.45, 2.75) is 12.8 Å². The number of guanidine groups is 1. The van der Waals surface area contributed by atoms with Crippen molar-refractivity contribution in [2.24, 2.45) is 5.73 Å². The Morgan fingerprint density at radius 1 is 1.32 bits per heavy atom. The Labute approximate surface area is 112 Å². The summed E-state index contributed by atoms with van der Waals surface area (Å²) in [6.07, 6.45) is 1.57. The molecular weight excluding hydrogens is 274 g/mol. The minimum absolute atomic E-state index is 0.168. The molecule has 1 aliphatic heterocycles. The number of unbranched alkanes of at least 4 members (excludes halogenated alkanes) is 1. The molecule has 0 saturated carbocycles. The molecule has 19 heavy (non-hydrogen) atoms. The lowest BCUT2D eigenvalue weighted by atomic mass is 10.2. The Morgan fingerprint density at radius 2 is 1.79 bits per heavy atom. The van der Waals surface area contributed by atoms with Crippen molar-refractivity contribution < 1.29 is 17.5 Å². The van der Waals surface area contributed by atoms with Crippen LogP contribution in [0.1, 0.15) is 12.8 Å². The van der Waals surface area contributed by atoms with Crippen LogP contribution < -0.4 is 5.73 Å². The summed E-state index contributed by atoms with van der Waals surface area (Å²) in [7, 11) is -4.67. The summed E-state index contributed by atoms with van der Waals surface area (Å²) in [5, 5.41) is 15.7. The molecule has 0 aliphatic carbocycles. The second kappa shape index (κ2) is 8.65. The summed E-state index contributed by atoms with van der Waals surface area (Å²) in [6.45, 7) is 4.55. The zero-order valence-electron chi connectivity index (χ0n) is 10.5. The fourth-order valence-corrected chi connectivity index (χ4v) is 1.59. The van der Waals surface area contributed by atoms with Crippen LogP contribution in [0.2, 0.25) is 0 Å². The number of nitriles is 1. The second-order valence-corrected chi connectivity index (χ2v) is 4.82. The highest BCUT2D eigenvalue weighted by atomic mass is 32.3. The average Bonchev–Trinajstić information content (AvgIpc) is 2.28. The van der Waals surface area contributed by atoms with Crippen LogP contribution in [0.3, 0.4) is 0 Å². The van der Waals surface area contributed by atoms with Crippen molar-refractivity contribution in [1.82, 2.24) is 9.80 Å². The summed E-state index contributed by atoms with van der Waals surface area (Å²) in [6, 6.07) is 2.14. The normalized spacial score (nSPS) is 16.2. The Balaban J connectivity index is 0.000000555. The third-order valence-electron chi connectivity index (χ3n) is 2.48. The van der Waals surface area contributed by atoms with E-state index in [0.717, 1.165) is 39.1 Å². The molecule has 0 aromatic carbocycles. The summed E-state index contributed by atoms with van der Waals surface area (Å²) in [5.74, 6) is 0.168. The van der Waals surface area contributed by atoms with Crippen molar-refractivity contribution in [3.63, 3.8) is 0 Å². The number of nitrogens with two attached hydrogens (primary N) is 1. The molecule has 1 rings (SSSR count). The summed E-state index contributed by atoms with van der Waals surface area (Å²) >= 11 is 0. The van der Waals surface area contributed by atoms with Gasteiger partial charge in [-0.15, -0.1) is 0 Å². The predicted molar refractivity (Wildman–Crippen MR) is 69.0 cm³/mol. The van der Waals surface area contributed by atoms with Gasteiger partial charge >= 0.3 is 10.4 Å². The molecular formula is C9H19N5O4S. The Kier molecular flexibility index (Phi) is 8.01. The number of hydrogen-bond acceptors (Lipinski definition) is 5. The van der Waals surface area contributed by atoms with Gasteiger partial charge in [-0.05, 0) is 13.0 Å². The molecule has 0 bridgehead atoms. The van der Waals surface area contributed by atoms with Crippen LogP contribution in [0.4, 0.5) is 0 Å². The topological polar surface area (TPSA) is 155 Å². The molecule has 10 heteroatoms. The maximum Gasteiger partial charge on any atom is 0.394 e. The molecule has 0 atom stereocenters. The molecule has 1 heterocycles. The standard InChI is InChI=1S/C9H17N5.H2O4S/c10-3-1-2-4-13-5-7-14(8-6-13)9(11)12;1-5(2,3)4/h1-2,4-8H2,(H3,11,12);(H2,1,2,3,4). The van der Waals surface area contributed by atoms with E-state index in [4.69, 9.17) is 33.9 Å². The maximum atomic E-state index is 8.74. The summed E-state index contributed by atoms with van der Waals surface area (Å²) in [5.41, 5.74) is 5.38. The van der Waals surface area contributed by atoms with Gasteiger partial charge < -0.3 is 10.6 Å². The molecule has 5 N–H and O–H groups in total. The van der Waals surface area contributed by atoms with Gasteiger partial charge in [0.15, 0.2) is 5.96 Å². The molecule has 0 aromatic heterocycles. The number of nitrogens with one attached hydrogen (secondary N) is 1. The van der Waals surface area contributed by atoms with Gasteiger partial charge in [-0.1, -0.05) is 0 Å². The summed E-state index contributed by atoms with van der Waals surface area (Å²) in [4.78, 5) is 4.19. The first-order valence-corrected chi connectivity index (χ1v) is 7.02. The largest absolute Gasteiger partial charge is 0.394 e. The smallest absolute Gasteiger partial charge is 0.370 e. The van der Waals surface area contributed by atoms with E-state index in [1.54, 1.807) is 0 Å². The molecule has 0 amide bonds. The molecule has 9 nitrogen and oxygen atoms in total. The Hall–Kier alpha value is -1.41. The van der Waals surface area contributed by atoms with Gasteiger partial charge in [0.1, 0.15) is 0 Å². The van der Waals surface area contributed by atoms with Crippen molar-refractivity contribution in [3.05, 3.63) is 0 Å². The fraction of sp³-hybridized carbons (Fsp3) is 0.778. The first-order valence-electron chi connectivity index (χ1n) is 5.62. The van der Waals surface area contributed by atoms with E-state index in [-0.39, 0.29) is 5.96 Å². The first-order chi connectivity index (χ1) is 8.74. The van der Waals surface area contributed by atoms with Gasteiger partial charge in [0, 0.05) is 32.6 Å². The van der Waals surface area contributed by atoms with E-state index in [1.807, 2.05) is 4.90 Å². The van der Waals surface area contributed by atoms with Crippen LogP contribution in [0.5, 0.6) is 0 Å². The van der Waals surface area contributed by atoms with Crippen molar-refractivity contribution in [3.8, 4) is 6.07 Å². The molecule has 0 spiro atoms. The Morgan fingerprint density at radius 3 is 2.16 bits per heavy atom. The van der Waals surface area contributed by atoms with E-state index in [9.17, 15) is 0 Å². The zero-order chi connectivity index (χ0) is 14.9. The van der Waals surface area contributed by atoms with Crippen LogP contribution in [0, 0.1) is 16.7 Å². The van der Waals surface area contributed by atoms with Gasteiger partial charge in [0.25, 0.3) is 0 Å². The average molecular weight is 293 g/mol. The SMILES string of the molecule is N#CCCCN1CCN(C(=N)N)CC1.O=S(=O)(O)O. The molecule has 0 unspecified atom stereocenters. The number of rotatable bonds is 3. The molecule has 0 radical (unpaired) electrons. The highest BCUT2D eigenvalue weighted by Gasteiger charge is 2.16. The first kappa shape index (κ1) is 17.6.